The molecule has 18 heavy (non-hydrogen) atoms. The highest BCUT2D eigenvalue weighted by molar-refractivity contribution is 5.83. The third-order valence-corrected chi connectivity index (χ3v) is 4.44. The van der Waals surface area contributed by atoms with Gasteiger partial charge < -0.3 is 16.4 Å². The molecule has 0 aliphatic carbocycles. The Hall–Kier alpha value is -1.26. The average Bonchev–Trinajstić information content (AvgIpc) is 2.35. The predicted octanol–water partition coefficient (Wildman–Crippen LogP) is 0.935. The molecule has 1 saturated heterocycles. The summed E-state index contributed by atoms with van der Waals surface area (Å²) in [7, 11) is 0. The Balaban J connectivity index is 2.53. The van der Waals surface area contributed by atoms with E-state index in [0.717, 1.165) is 25.9 Å². The Kier molecular flexibility index (Phi) is 4.99. The molecule has 0 aromatic heterocycles. The summed E-state index contributed by atoms with van der Waals surface area (Å²) in [5.74, 6) is 0.666. The molecule has 0 bridgehead atoms. The number of piperidine rings is 1. The van der Waals surface area contributed by atoms with Crippen LogP contribution in [0.2, 0.25) is 0 Å². The minimum Gasteiger partial charge on any atom is -0.370 e. The fourth-order valence-corrected chi connectivity index (χ4v) is 2.80. The van der Waals surface area contributed by atoms with Crippen LogP contribution < -0.4 is 11.5 Å². The molecule has 1 rings (SSSR count). The Bertz CT molecular complexity index is 313. The summed E-state index contributed by atoms with van der Waals surface area (Å²) in [6.07, 6.45) is 3.34. The lowest BCUT2D eigenvalue weighted by Gasteiger charge is -2.44. The number of nitrogens with zero attached hydrogens (tertiary/aromatic N) is 2. The largest absolute Gasteiger partial charge is 0.370 e. The van der Waals surface area contributed by atoms with Crippen molar-refractivity contribution in [3.05, 3.63) is 0 Å². The number of hydrogen-bond donors (Lipinski definition) is 2. The van der Waals surface area contributed by atoms with Crippen molar-refractivity contribution in [3.8, 4) is 0 Å². The van der Waals surface area contributed by atoms with Crippen LogP contribution >= 0.6 is 0 Å². The lowest BCUT2D eigenvalue weighted by Crippen LogP contribution is -2.46. The first-order valence-corrected chi connectivity index (χ1v) is 6.74. The molecule has 0 radical (unpaired) electrons. The number of aliphatic imine (C=N–C) groups is 1. The van der Waals surface area contributed by atoms with Crippen molar-refractivity contribution in [2.75, 3.05) is 19.6 Å². The molecule has 0 unspecified atom stereocenters. The standard InChI is InChI=1S/C13H26N4O/c1-4-13(10(2)3)5-7-17(8-6-13)11(18)9-16-12(14)15/h10H,4-9H2,1-3H3,(H4,14,15,16). The lowest BCUT2D eigenvalue weighted by atomic mass is 9.68. The Morgan fingerprint density at radius 2 is 1.89 bits per heavy atom. The summed E-state index contributed by atoms with van der Waals surface area (Å²) in [5, 5.41) is 0. The molecule has 0 saturated carbocycles. The third-order valence-electron chi connectivity index (χ3n) is 4.44. The molecule has 5 nitrogen and oxygen atoms in total. The topological polar surface area (TPSA) is 84.7 Å². The van der Waals surface area contributed by atoms with E-state index in [4.69, 9.17) is 11.5 Å². The SMILES string of the molecule is CCC1(C(C)C)CCN(C(=O)CN=C(N)N)CC1. The second-order valence-corrected chi connectivity index (χ2v) is 5.49. The normalized spacial score (nSPS) is 18.8. The van der Waals surface area contributed by atoms with Crippen LogP contribution in [0.4, 0.5) is 0 Å². The van der Waals surface area contributed by atoms with Gasteiger partial charge in [-0.25, -0.2) is 4.99 Å². The highest BCUT2D eigenvalue weighted by atomic mass is 16.2. The molecule has 4 N–H and O–H groups in total. The van der Waals surface area contributed by atoms with Gasteiger partial charge in [-0.05, 0) is 24.2 Å². The minimum atomic E-state index is -0.0227. The molecule has 1 amide bonds. The van der Waals surface area contributed by atoms with E-state index < -0.39 is 0 Å². The van der Waals surface area contributed by atoms with Crippen LogP contribution in [0.5, 0.6) is 0 Å². The first-order valence-electron chi connectivity index (χ1n) is 6.74. The number of amides is 1. The summed E-state index contributed by atoms with van der Waals surface area (Å²) in [6, 6.07) is 0. The number of nitrogens with two attached hydrogens (primary N) is 2. The fourth-order valence-electron chi connectivity index (χ4n) is 2.80. The predicted molar refractivity (Wildman–Crippen MR) is 74.1 cm³/mol. The zero-order valence-corrected chi connectivity index (χ0v) is 11.8. The number of rotatable bonds is 4. The fraction of sp³-hybridized carbons (Fsp3) is 0.846. The molecule has 0 aromatic rings. The maximum absolute atomic E-state index is 11.9. The molecule has 5 heteroatoms. The van der Waals surface area contributed by atoms with Crippen molar-refractivity contribution in [2.45, 2.75) is 40.0 Å². The number of hydrogen-bond acceptors (Lipinski definition) is 2. The summed E-state index contributed by atoms with van der Waals surface area (Å²) in [5.41, 5.74) is 10.9. The number of likely N-dealkylation sites (tertiary alicyclic amines) is 1. The molecule has 104 valence electrons. The van der Waals surface area contributed by atoms with Gasteiger partial charge in [-0.15, -0.1) is 0 Å². The van der Waals surface area contributed by atoms with Gasteiger partial charge in [-0.2, -0.15) is 0 Å². The number of carbonyl (C=O) groups excluding carboxylic acids is 1. The Labute approximate surface area is 110 Å². The Morgan fingerprint density at radius 1 is 1.33 bits per heavy atom. The molecule has 1 aliphatic heterocycles. The maximum atomic E-state index is 11.9. The van der Waals surface area contributed by atoms with Gasteiger partial charge in [-0.3, -0.25) is 4.79 Å². The molecule has 1 fully saturated rings. The maximum Gasteiger partial charge on any atom is 0.244 e. The first-order chi connectivity index (χ1) is 8.41. The van der Waals surface area contributed by atoms with Gasteiger partial charge in [0.05, 0.1) is 0 Å². The highest BCUT2D eigenvalue weighted by Gasteiger charge is 2.36. The number of guanidine groups is 1. The molecule has 0 aromatic carbocycles. The number of carbonyl (C=O) groups is 1. The molecular formula is C13H26N4O. The van der Waals surface area contributed by atoms with E-state index in [0.29, 0.717) is 11.3 Å². The van der Waals surface area contributed by atoms with Crippen molar-refractivity contribution in [3.63, 3.8) is 0 Å². The molecule has 0 atom stereocenters. The smallest absolute Gasteiger partial charge is 0.244 e. The van der Waals surface area contributed by atoms with Crippen LogP contribution in [0.25, 0.3) is 0 Å². The van der Waals surface area contributed by atoms with Crippen LogP contribution in [-0.2, 0) is 4.79 Å². The van der Waals surface area contributed by atoms with Crippen molar-refractivity contribution >= 4 is 11.9 Å². The van der Waals surface area contributed by atoms with E-state index in [9.17, 15) is 4.79 Å². The van der Waals surface area contributed by atoms with Crippen molar-refractivity contribution in [2.24, 2.45) is 27.8 Å². The van der Waals surface area contributed by atoms with Gasteiger partial charge in [0.2, 0.25) is 5.91 Å². The molecular weight excluding hydrogens is 228 g/mol. The minimum absolute atomic E-state index is 0.0227. The summed E-state index contributed by atoms with van der Waals surface area (Å²) >= 11 is 0. The zero-order valence-electron chi connectivity index (χ0n) is 11.8. The van der Waals surface area contributed by atoms with Crippen molar-refractivity contribution < 1.29 is 4.79 Å². The first kappa shape index (κ1) is 14.8. The van der Waals surface area contributed by atoms with E-state index in [1.54, 1.807) is 0 Å². The van der Waals surface area contributed by atoms with Gasteiger partial charge >= 0.3 is 0 Å². The molecule has 1 aliphatic rings. The second-order valence-electron chi connectivity index (χ2n) is 5.49. The third kappa shape index (κ3) is 3.37. The van der Waals surface area contributed by atoms with Crippen LogP contribution in [0.1, 0.15) is 40.0 Å². The van der Waals surface area contributed by atoms with Crippen LogP contribution in [0, 0.1) is 11.3 Å². The van der Waals surface area contributed by atoms with Gasteiger partial charge in [-0.1, -0.05) is 27.2 Å². The van der Waals surface area contributed by atoms with E-state index in [1.165, 1.54) is 6.42 Å². The van der Waals surface area contributed by atoms with Crippen molar-refractivity contribution in [1.29, 1.82) is 0 Å². The second kappa shape index (κ2) is 6.07. The van der Waals surface area contributed by atoms with Gasteiger partial charge in [0.1, 0.15) is 6.54 Å². The van der Waals surface area contributed by atoms with Gasteiger partial charge in [0, 0.05) is 13.1 Å². The summed E-state index contributed by atoms with van der Waals surface area (Å²) < 4.78 is 0. The van der Waals surface area contributed by atoms with E-state index >= 15 is 0 Å². The van der Waals surface area contributed by atoms with Gasteiger partial charge in [0.25, 0.3) is 0 Å². The quantitative estimate of drug-likeness (QED) is 0.578. The lowest BCUT2D eigenvalue weighted by molar-refractivity contribution is -0.132. The summed E-state index contributed by atoms with van der Waals surface area (Å²) in [6.45, 7) is 8.52. The van der Waals surface area contributed by atoms with Crippen LogP contribution in [-0.4, -0.2) is 36.4 Å². The van der Waals surface area contributed by atoms with E-state index in [1.807, 2.05) is 4.90 Å². The van der Waals surface area contributed by atoms with E-state index in [2.05, 4.69) is 25.8 Å². The molecule has 0 spiro atoms. The van der Waals surface area contributed by atoms with E-state index in [-0.39, 0.29) is 18.4 Å². The van der Waals surface area contributed by atoms with Gasteiger partial charge in [0.15, 0.2) is 5.96 Å². The monoisotopic (exact) mass is 254 g/mol. The zero-order chi connectivity index (χ0) is 13.8. The summed E-state index contributed by atoms with van der Waals surface area (Å²) in [4.78, 5) is 17.5. The van der Waals surface area contributed by atoms with Crippen molar-refractivity contribution in [1.82, 2.24) is 4.90 Å². The Morgan fingerprint density at radius 3 is 2.28 bits per heavy atom. The highest BCUT2D eigenvalue weighted by Crippen LogP contribution is 2.41. The molecule has 1 heterocycles. The van der Waals surface area contributed by atoms with Crippen LogP contribution in [0.3, 0.4) is 0 Å². The van der Waals surface area contributed by atoms with Crippen LogP contribution in [0.15, 0.2) is 4.99 Å². The average molecular weight is 254 g/mol.